The number of hydrogen-bond acceptors (Lipinski definition) is 3. The van der Waals surface area contributed by atoms with Crippen LogP contribution >= 0.6 is 0 Å². The third-order valence-electron chi connectivity index (χ3n) is 3.44. The number of pyridine rings is 1. The van der Waals surface area contributed by atoms with Crippen LogP contribution in [0.1, 0.15) is 12.5 Å². The van der Waals surface area contributed by atoms with E-state index in [1.54, 1.807) is 0 Å². The van der Waals surface area contributed by atoms with Gasteiger partial charge in [-0.1, -0.05) is 0 Å². The minimum absolute atomic E-state index is 0.148. The number of halogens is 5. The topological polar surface area (TPSA) is 68.5 Å². The predicted molar refractivity (Wildman–Crippen MR) is 65.2 cm³/mol. The Morgan fingerprint density at radius 3 is 2.26 bits per heavy atom. The average molecular weight is 335 g/mol. The lowest BCUT2D eigenvalue weighted by molar-refractivity contribution is 0.143. The van der Waals surface area contributed by atoms with Crippen molar-refractivity contribution in [3.05, 3.63) is 39.7 Å². The molecule has 10 heteroatoms. The van der Waals surface area contributed by atoms with Crippen molar-refractivity contribution < 1.29 is 36.6 Å². The largest absolute Gasteiger partial charge is 0.511 e. The fourth-order valence-electron chi connectivity index (χ4n) is 2.31. The summed E-state index contributed by atoms with van der Waals surface area (Å²) in [5, 5.41) is 7.29. The number of alkyl halides is 1. The van der Waals surface area contributed by atoms with E-state index in [-0.39, 0.29) is 6.42 Å². The second-order valence-corrected chi connectivity index (χ2v) is 4.90. The van der Waals surface area contributed by atoms with Gasteiger partial charge in [0.2, 0.25) is 5.43 Å². The first kappa shape index (κ1) is 15.3. The molecule has 0 spiro atoms. The fourth-order valence-corrected chi connectivity index (χ4v) is 2.31. The van der Waals surface area contributed by atoms with Crippen LogP contribution in [0.4, 0.5) is 26.7 Å². The maximum atomic E-state index is 14.0. The van der Waals surface area contributed by atoms with Gasteiger partial charge in [0.05, 0.1) is 23.1 Å². The second-order valence-electron chi connectivity index (χ2n) is 4.90. The first-order valence-electron chi connectivity index (χ1n) is 6.19. The summed E-state index contributed by atoms with van der Waals surface area (Å²) in [4.78, 5) is 22.5. The minimum Gasteiger partial charge on any atom is -0.449 e. The molecule has 122 valence electrons. The number of ether oxygens (including phenoxy) is 1. The molecule has 3 rings (SSSR count). The van der Waals surface area contributed by atoms with Crippen LogP contribution in [0.5, 0.6) is 5.75 Å². The van der Waals surface area contributed by atoms with E-state index < -0.39 is 63.7 Å². The molecule has 1 aliphatic carbocycles. The van der Waals surface area contributed by atoms with Gasteiger partial charge in [-0.25, -0.2) is 26.7 Å². The molecule has 1 aromatic carbocycles. The highest BCUT2D eigenvalue weighted by Gasteiger charge is 2.41. The molecule has 0 bridgehead atoms. The molecule has 0 amide bonds. The van der Waals surface area contributed by atoms with Gasteiger partial charge in [0, 0.05) is 6.42 Å². The first-order valence-corrected chi connectivity index (χ1v) is 6.19. The summed E-state index contributed by atoms with van der Waals surface area (Å²) in [6.07, 6.45) is -2.95. The Labute approximate surface area is 123 Å². The molecule has 2 aromatic rings. The van der Waals surface area contributed by atoms with E-state index in [1.807, 2.05) is 0 Å². The number of hydrogen-bond donors (Lipinski definition) is 1. The van der Waals surface area contributed by atoms with Crippen molar-refractivity contribution in [1.82, 2.24) is 4.57 Å². The molecule has 0 saturated heterocycles. The van der Waals surface area contributed by atoms with E-state index in [0.717, 1.165) is 0 Å². The number of rotatable bonds is 2. The molecule has 1 aromatic heterocycles. The van der Waals surface area contributed by atoms with Crippen molar-refractivity contribution in [3.8, 4) is 5.75 Å². The standard InChI is InChI=1S/C13H6F5NO4/c14-3-1-4(3)19-2-5(23-13(21)22)12(20)6-7(15)8(16)9(17)10(18)11(6)19/h2-4H,1H2,(H,21,22)/t3-,4-/m1/s1. The Hall–Kier alpha value is -2.65. The van der Waals surface area contributed by atoms with Crippen LogP contribution in [-0.2, 0) is 0 Å². The summed E-state index contributed by atoms with van der Waals surface area (Å²) in [5.41, 5.74) is -2.49. The molecule has 5 nitrogen and oxygen atoms in total. The van der Waals surface area contributed by atoms with Crippen LogP contribution in [0, 0.1) is 23.3 Å². The normalized spacial score (nSPS) is 19.9. The van der Waals surface area contributed by atoms with Gasteiger partial charge in [0.25, 0.3) is 0 Å². The molecule has 2 atom stereocenters. The van der Waals surface area contributed by atoms with Gasteiger partial charge in [-0.15, -0.1) is 0 Å². The highest BCUT2D eigenvalue weighted by molar-refractivity contribution is 5.83. The van der Waals surface area contributed by atoms with Gasteiger partial charge in [0.1, 0.15) is 6.17 Å². The summed E-state index contributed by atoms with van der Waals surface area (Å²) in [6.45, 7) is 0. The monoisotopic (exact) mass is 335 g/mol. The lowest BCUT2D eigenvalue weighted by Gasteiger charge is -2.14. The van der Waals surface area contributed by atoms with E-state index in [4.69, 9.17) is 5.11 Å². The molecule has 23 heavy (non-hydrogen) atoms. The zero-order valence-electron chi connectivity index (χ0n) is 10.9. The summed E-state index contributed by atoms with van der Waals surface area (Å²) < 4.78 is 72.6. The second kappa shape index (κ2) is 4.93. The van der Waals surface area contributed by atoms with Crippen LogP contribution in [0.25, 0.3) is 10.9 Å². The van der Waals surface area contributed by atoms with Crippen molar-refractivity contribution >= 4 is 17.1 Å². The number of nitrogens with zero attached hydrogens (tertiary/aromatic N) is 1. The van der Waals surface area contributed by atoms with Crippen LogP contribution < -0.4 is 10.2 Å². The fraction of sp³-hybridized carbons (Fsp3) is 0.231. The Bertz CT molecular complexity index is 910. The molecule has 0 radical (unpaired) electrons. The number of carboxylic acid groups (broad SMARTS) is 1. The molecular weight excluding hydrogens is 329 g/mol. The molecule has 0 aliphatic heterocycles. The van der Waals surface area contributed by atoms with E-state index in [1.165, 1.54) is 0 Å². The van der Waals surface area contributed by atoms with Crippen molar-refractivity contribution in [2.24, 2.45) is 0 Å². The number of fused-ring (bicyclic) bond motifs is 1. The number of benzene rings is 1. The van der Waals surface area contributed by atoms with Crippen molar-refractivity contribution in [2.45, 2.75) is 18.6 Å². The zero-order chi connectivity index (χ0) is 17.0. The van der Waals surface area contributed by atoms with Crippen LogP contribution in [0.3, 0.4) is 0 Å². The Balaban J connectivity index is 2.46. The van der Waals surface area contributed by atoms with Crippen LogP contribution in [0.2, 0.25) is 0 Å². The smallest absolute Gasteiger partial charge is 0.449 e. The SMILES string of the molecule is O=C(O)Oc1cn([C@@H]2C[C@H]2F)c2c(F)c(F)c(F)c(F)c2c1=O. The van der Waals surface area contributed by atoms with Gasteiger partial charge >= 0.3 is 6.16 Å². The third-order valence-corrected chi connectivity index (χ3v) is 3.44. The Morgan fingerprint density at radius 1 is 1.17 bits per heavy atom. The molecule has 1 N–H and O–H groups in total. The van der Waals surface area contributed by atoms with Crippen molar-refractivity contribution in [2.75, 3.05) is 0 Å². The summed E-state index contributed by atoms with van der Waals surface area (Å²) in [5.74, 6) is -9.26. The molecule has 1 fully saturated rings. The summed E-state index contributed by atoms with van der Waals surface area (Å²) in [6, 6.07) is -1.08. The highest BCUT2D eigenvalue weighted by atomic mass is 19.2. The minimum atomic E-state index is -2.24. The molecule has 1 heterocycles. The summed E-state index contributed by atoms with van der Waals surface area (Å²) in [7, 11) is 0. The lowest BCUT2D eigenvalue weighted by Crippen LogP contribution is -2.19. The van der Waals surface area contributed by atoms with Gasteiger partial charge in [-0.05, 0) is 0 Å². The van der Waals surface area contributed by atoms with Gasteiger partial charge in [0.15, 0.2) is 29.0 Å². The maximum Gasteiger partial charge on any atom is 0.511 e. The molecule has 0 unspecified atom stereocenters. The first-order chi connectivity index (χ1) is 10.7. The average Bonchev–Trinajstić information content (AvgIpc) is 3.20. The van der Waals surface area contributed by atoms with Gasteiger partial charge in [-0.3, -0.25) is 4.79 Å². The zero-order valence-corrected chi connectivity index (χ0v) is 10.9. The predicted octanol–water partition coefficient (Wildman–Crippen LogP) is 2.90. The van der Waals surface area contributed by atoms with E-state index in [2.05, 4.69) is 4.74 Å². The van der Waals surface area contributed by atoms with Crippen molar-refractivity contribution in [1.29, 1.82) is 0 Å². The molecule has 1 saturated carbocycles. The third kappa shape index (κ3) is 2.21. The highest BCUT2D eigenvalue weighted by Crippen LogP contribution is 2.42. The van der Waals surface area contributed by atoms with E-state index in [0.29, 0.717) is 10.8 Å². The Kier molecular flexibility index (Phi) is 3.27. The van der Waals surface area contributed by atoms with Crippen LogP contribution in [0.15, 0.2) is 11.0 Å². The van der Waals surface area contributed by atoms with Gasteiger partial charge in [-0.2, -0.15) is 0 Å². The molecular formula is C13H6F5NO4. The number of carbonyl (C=O) groups is 1. The summed E-state index contributed by atoms with van der Waals surface area (Å²) >= 11 is 0. The van der Waals surface area contributed by atoms with Crippen LogP contribution in [-0.4, -0.2) is 22.0 Å². The lowest BCUT2D eigenvalue weighted by atomic mass is 10.1. The van der Waals surface area contributed by atoms with E-state index >= 15 is 0 Å². The van der Waals surface area contributed by atoms with Crippen molar-refractivity contribution in [3.63, 3.8) is 0 Å². The quantitative estimate of drug-likeness (QED) is 0.397. The Morgan fingerprint density at radius 2 is 1.74 bits per heavy atom. The maximum absolute atomic E-state index is 14.0. The molecule has 1 aliphatic rings. The van der Waals surface area contributed by atoms with Gasteiger partial charge < -0.3 is 14.4 Å². The number of aromatic nitrogens is 1. The van der Waals surface area contributed by atoms with E-state index in [9.17, 15) is 31.5 Å².